The summed E-state index contributed by atoms with van der Waals surface area (Å²) in [5, 5.41) is 12.8. The van der Waals surface area contributed by atoms with Gasteiger partial charge in [-0.2, -0.15) is 0 Å². The number of carbonyl (C=O) groups excluding carboxylic acids is 1. The first kappa shape index (κ1) is 21.4. The molecule has 0 heterocycles. The summed E-state index contributed by atoms with van der Waals surface area (Å²) >= 11 is 0. The van der Waals surface area contributed by atoms with Crippen LogP contribution in [-0.2, 0) is 19.2 Å². The Bertz CT molecular complexity index is 774. The Balaban J connectivity index is 1.51. The maximum atomic E-state index is 12.0. The number of allylic oxidation sites excluding steroid dienone is 2. The normalized spacial score (nSPS) is 41.3. The number of hydrogen-bond acceptors (Lipinski definition) is 5. The zero-order valence-electron chi connectivity index (χ0n) is 18.5. The van der Waals surface area contributed by atoms with Crippen LogP contribution in [0.2, 0.25) is 0 Å². The lowest BCUT2D eigenvalue weighted by Crippen LogP contribution is -2.51. The number of oxime groups is 1. The Morgan fingerprint density at radius 2 is 1.93 bits per heavy atom. The number of ether oxygens (including phenoxy) is 1. The molecule has 0 unspecified atom stereocenters. The first-order chi connectivity index (χ1) is 14.3. The van der Waals surface area contributed by atoms with Crippen LogP contribution in [0.15, 0.2) is 16.8 Å². The highest BCUT2D eigenvalue weighted by Gasteiger charge is 2.59. The summed E-state index contributed by atoms with van der Waals surface area (Å²) in [4.78, 5) is 27.6. The number of carbonyl (C=O) groups is 2. The van der Waals surface area contributed by atoms with E-state index in [0.29, 0.717) is 24.2 Å². The average molecular weight is 418 g/mol. The second-order valence-electron chi connectivity index (χ2n) is 10.2. The minimum atomic E-state index is -1.00. The summed E-state index contributed by atoms with van der Waals surface area (Å²) in [7, 11) is 0. The fourth-order valence-corrected chi connectivity index (χ4v) is 7.20. The monoisotopic (exact) mass is 417 g/mol. The van der Waals surface area contributed by atoms with Crippen LogP contribution < -0.4 is 0 Å². The number of fused-ring (bicyclic) bond motifs is 5. The van der Waals surface area contributed by atoms with Crippen LogP contribution in [0.1, 0.15) is 78.6 Å². The molecule has 0 bridgehead atoms. The van der Waals surface area contributed by atoms with Crippen molar-refractivity contribution in [2.45, 2.75) is 84.7 Å². The minimum Gasteiger partial charge on any atom is -0.479 e. The summed E-state index contributed by atoms with van der Waals surface area (Å²) < 4.78 is 5.89. The maximum absolute atomic E-state index is 12.0. The van der Waals surface area contributed by atoms with Gasteiger partial charge in [-0.25, -0.2) is 4.79 Å². The molecule has 4 aliphatic carbocycles. The van der Waals surface area contributed by atoms with Gasteiger partial charge in [0, 0.05) is 11.8 Å². The van der Waals surface area contributed by atoms with Gasteiger partial charge in [0.2, 0.25) is 6.61 Å². The first-order valence-electron chi connectivity index (χ1n) is 11.6. The van der Waals surface area contributed by atoms with Crippen molar-refractivity contribution >= 4 is 17.7 Å². The molecule has 0 radical (unpaired) electrons. The van der Waals surface area contributed by atoms with Gasteiger partial charge in [-0.1, -0.05) is 31.5 Å². The van der Waals surface area contributed by atoms with Gasteiger partial charge in [-0.05, 0) is 80.6 Å². The third kappa shape index (κ3) is 3.56. The molecule has 6 atom stereocenters. The number of hydrogen-bond donors (Lipinski definition) is 1. The fourth-order valence-electron chi connectivity index (χ4n) is 7.20. The molecule has 6 heteroatoms. The molecule has 0 saturated heterocycles. The van der Waals surface area contributed by atoms with Gasteiger partial charge in [0.15, 0.2) is 0 Å². The lowest BCUT2D eigenvalue weighted by molar-refractivity contribution is -0.159. The standard InChI is InChI=1S/C24H35NO5/c1-4-22(28)30-20-8-7-18-17-6-5-15-13-16(25-29-14-21(26)27)9-11-23(15,2)19(17)10-12-24(18,20)3/h13,17-20H,4-12,14H2,1-3H3,(H,26,27)/b25-16+/t17-,18-,19-,20+,23-,24-/m0/s1. The highest BCUT2D eigenvalue weighted by molar-refractivity contribution is 5.96. The van der Waals surface area contributed by atoms with Gasteiger partial charge >= 0.3 is 11.9 Å². The highest BCUT2D eigenvalue weighted by atomic mass is 16.6. The van der Waals surface area contributed by atoms with E-state index in [1.54, 1.807) is 0 Å². The summed E-state index contributed by atoms with van der Waals surface area (Å²) in [6.07, 6.45) is 11.3. The Labute approximate surface area is 179 Å². The van der Waals surface area contributed by atoms with E-state index in [-0.39, 0.29) is 22.9 Å². The summed E-state index contributed by atoms with van der Waals surface area (Å²) in [6, 6.07) is 0. The molecule has 0 aromatic carbocycles. The van der Waals surface area contributed by atoms with Crippen molar-refractivity contribution < 1.29 is 24.3 Å². The highest BCUT2D eigenvalue weighted by Crippen LogP contribution is 2.65. The SMILES string of the molecule is CCC(=O)O[C@@H]1CC[C@H]2[C@@H]3CCC4=C/C(=N/OCC(=O)O)CC[C@]4(C)[C@H]3CC[C@]12C. The number of nitrogens with zero attached hydrogens (tertiary/aromatic N) is 1. The molecule has 4 rings (SSSR count). The summed E-state index contributed by atoms with van der Waals surface area (Å²) in [5.41, 5.74) is 2.64. The van der Waals surface area contributed by atoms with Crippen molar-refractivity contribution in [1.29, 1.82) is 0 Å². The van der Waals surface area contributed by atoms with Gasteiger partial charge in [-0.15, -0.1) is 0 Å². The van der Waals surface area contributed by atoms with Gasteiger partial charge in [-0.3, -0.25) is 4.79 Å². The van der Waals surface area contributed by atoms with Crippen molar-refractivity contribution in [3.8, 4) is 0 Å². The molecule has 166 valence electrons. The summed E-state index contributed by atoms with van der Waals surface area (Å²) in [5.74, 6) is 0.931. The van der Waals surface area contributed by atoms with E-state index in [2.05, 4.69) is 25.1 Å². The van der Waals surface area contributed by atoms with Crippen molar-refractivity contribution in [1.82, 2.24) is 0 Å². The molecule has 0 amide bonds. The van der Waals surface area contributed by atoms with E-state index >= 15 is 0 Å². The molecule has 3 fully saturated rings. The van der Waals surface area contributed by atoms with Crippen LogP contribution in [0.3, 0.4) is 0 Å². The largest absolute Gasteiger partial charge is 0.479 e. The van der Waals surface area contributed by atoms with Gasteiger partial charge in [0.1, 0.15) is 6.10 Å². The Kier molecular flexibility index (Phi) is 5.71. The van der Waals surface area contributed by atoms with Crippen LogP contribution in [-0.4, -0.2) is 35.5 Å². The van der Waals surface area contributed by atoms with Gasteiger partial charge in [0.05, 0.1) is 5.71 Å². The third-order valence-corrected chi connectivity index (χ3v) is 8.82. The quantitative estimate of drug-likeness (QED) is 0.516. The summed E-state index contributed by atoms with van der Waals surface area (Å²) in [6.45, 7) is 6.28. The number of aliphatic carboxylic acids is 1. The minimum absolute atomic E-state index is 0.0611. The fraction of sp³-hybridized carbons (Fsp3) is 0.792. The first-order valence-corrected chi connectivity index (χ1v) is 11.6. The van der Waals surface area contributed by atoms with Crippen molar-refractivity contribution in [3.63, 3.8) is 0 Å². The molecule has 4 aliphatic rings. The smallest absolute Gasteiger partial charge is 0.344 e. The third-order valence-electron chi connectivity index (χ3n) is 8.82. The molecule has 1 N–H and O–H groups in total. The maximum Gasteiger partial charge on any atom is 0.344 e. The topological polar surface area (TPSA) is 85.2 Å². The second kappa shape index (κ2) is 8.01. The molecule has 0 spiro atoms. The molecule has 3 saturated carbocycles. The lowest BCUT2D eigenvalue weighted by Gasteiger charge is -2.58. The molecular weight excluding hydrogens is 382 g/mol. The lowest BCUT2D eigenvalue weighted by atomic mass is 9.47. The van der Waals surface area contributed by atoms with E-state index < -0.39 is 12.6 Å². The van der Waals surface area contributed by atoms with E-state index in [0.717, 1.165) is 37.8 Å². The van der Waals surface area contributed by atoms with Crippen LogP contribution in [0.5, 0.6) is 0 Å². The molecule has 30 heavy (non-hydrogen) atoms. The predicted molar refractivity (Wildman–Crippen MR) is 113 cm³/mol. The Morgan fingerprint density at radius 3 is 2.67 bits per heavy atom. The Morgan fingerprint density at radius 1 is 1.13 bits per heavy atom. The van der Waals surface area contributed by atoms with Crippen LogP contribution in [0.25, 0.3) is 0 Å². The zero-order valence-corrected chi connectivity index (χ0v) is 18.5. The van der Waals surface area contributed by atoms with Crippen LogP contribution >= 0.6 is 0 Å². The van der Waals surface area contributed by atoms with E-state index in [1.165, 1.54) is 24.8 Å². The van der Waals surface area contributed by atoms with Gasteiger partial charge in [0.25, 0.3) is 0 Å². The van der Waals surface area contributed by atoms with E-state index in [4.69, 9.17) is 14.7 Å². The van der Waals surface area contributed by atoms with E-state index in [1.807, 2.05) is 6.92 Å². The molecular formula is C24H35NO5. The number of rotatable bonds is 5. The second-order valence-corrected chi connectivity index (χ2v) is 10.2. The van der Waals surface area contributed by atoms with Crippen LogP contribution in [0, 0.1) is 28.6 Å². The van der Waals surface area contributed by atoms with Crippen molar-refractivity contribution in [2.24, 2.45) is 33.7 Å². The number of carboxylic acids is 1. The van der Waals surface area contributed by atoms with Crippen molar-refractivity contribution in [2.75, 3.05) is 6.61 Å². The van der Waals surface area contributed by atoms with E-state index in [9.17, 15) is 9.59 Å². The zero-order chi connectivity index (χ0) is 21.5. The average Bonchev–Trinajstić information content (AvgIpc) is 3.04. The van der Waals surface area contributed by atoms with Crippen molar-refractivity contribution in [3.05, 3.63) is 11.6 Å². The molecule has 6 nitrogen and oxygen atoms in total. The Hall–Kier alpha value is -1.85. The molecule has 0 aromatic heterocycles. The molecule has 0 aliphatic heterocycles. The van der Waals surface area contributed by atoms with Crippen LogP contribution in [0.4, 0.5) is 0 Å². The van der Waals surface area contributed by atoms with Gasteiger partial charge < -0.3 is 14.7 Å². The molecule has 0 aromatic rings. The number of esters is 1. The predicted octanol–water partition coefficient (Wildman–Crippen LogP) is 4.73. The number of carboxylic acid groups (broad SMARTS) is 1.